The number of aliphatic carboxylic acids is 1. The number of unbranched alkanes of at least 4 members (excludes halogenated alkanes) is 1. The summed E-state index contributed by atoms with van der Waals surface area (Å²) in [5.41, 5.74) is 0.892. The van der Waals surface area contributed by atoms with Crippen LogP contribution in [0.15, 0.2) is 42.5 Å². The lowest BCUT2D eigenvalue weighted by molar-refractivity contribution is -0.157. The monoisotopic (exact) mass is 501 g/mol. The van der Waals surface area contributed by atoms with Crippen LogP contribution in [0.1, 0.15) is 18.4 Å². The van der Waals surface area contributed by atoms with Crippen molar-refractivity contribution in [2.45, 2.75) is 31.5 Å². The fourth-order valence-electron chi connectivity index (χ4n) is 4.29. The Kier molecular flexibility index (Phi) is 8.73. The second-order valence-electron chi connectivity index (χ2n) is 7.82. The third-order valence-corrected chi connectivity index (χ3v) is 6.87. The van der Waals surface area contributed by atoms with Crippen LogP contribution in [-0.4, -0.2) is 53.0 Å². The number of hydrogen-bond donors (Lipinski definition) is 1. The summed E-state index contributed by atoms with van der Waals surface area (Å²) >= 11 is 0. The molecule has 0 spiro atoms. The van der Waals surface area contributed by atoms with Crippen molar-refractivity contribution in [3.8, 4) is 25.1 Å². The van der Waals surface area contributed by atoms with Crippen LogP contribution in [0.3, 0.4) is 0 Å². The highest BCUT2D eigenvalue weighted by molar-refractivity contribution is 7.48. The van der Waals surface area contributed by atoms with E-state index in [2.05, 4.69) is 9.05 Å². The summed E-state index contributed by atoms with van der Waals surface area (Å²) in [6.45, 7) is 0.165. The fourth-order valence-corrected chi connectivity index (χ4v) is 5.05. The Morgan fingerprint density at radius 3 is 2.34 bits per heavy atom. The van der Waals surface area contributed by atoms with E-state index in [9.17, 15) is 24.1 Å². The Morgan fingerprint density at radius 2 is 1.71 bits per heavy atom. The molecule has 0 radical (unpaired) electrons. The first kappa shape index (κ1) is 26.1. The van der Waals surface area contributed by atoms with Crippen LogP contribution >= 0.6 is 7.82 Å². The maximum Gasteiger partial charge on any atom is 0.604 e. The van der Waals surface area contributed by atoms with E-state index in [1.54, 1.807) is 23.2 Å². The van der Waals surface area contributed by atoms with Gasteiger partial charge in [-0.05, 0) is 24.5 Å². The van der Waals surface area contributed by atoms with Crippen LogP contribution in [-0.2, 0) is 43.8 Å². The zero-order valence-electron chi connectivity index (χ0n) is 18.6. The number of carboxylic acid groups (broad SMARTS) is 1. The van der Waals surface area contributed by atoms with E-state index in [0.717, 1.165) is 5.56 Å². The molecule has 1 saturated heterocycles. The topological polar surface area (TPSA) is 129 Å². The zero-order chi connectivity index (χ0) is 25.4. The van der Waals surface area contributed by atoms with Crippen molar-refractivity contribution in [1.29, 1.82) is 0 Å². The molecule has 10 nitrogen and oxygen atoms in total. The summed E-state index contributed by atoms with van der Waals surface area (Å²) in [5.74, 6) is -4.59. The minimum Gasteiger partial charge on any atom is -0.481 e. The number of esters is 1. The number of ketones is 1. The molecule has 2 heterocycles. The molecule has 0 aromatic heterocycles. The van der Waals surface area contributed by atoms with E-state index in [-0.39, 0.29) is 25.4 Å². The third kappa shape index (κ3) is 6.12. The van der Waals surface area contributed by atoms with Gasteiger partial charge in [-0.1, -0.05) is 49.3 Å². The molecule has 2 aliphatic heterocycles. The van der Waals surface area contributed by atoms with E-state index in [1.165, 1.54) is 6.08 Å². The van der Waals surface area contributed by atoms with Crippen LogP contribution in [0.2, 0.25) is 0 Å². The second kappa shape index (κ2) is 11.7. The highest BCUT2D eigenvalue weighted by Crippen LogP contribution is 2.48. The minimum atomic E-state index is -4.07. The number of terminal acetylenes is 2. The Balaban J connectivity index is 1.60. The molecule has 11 heteroatoms. The second-order valence-corrected chi connectivity index (χ2v) is 9.34. The molecule has 2 aliphatic rings. The number of carboxylic acids is 1. The van der Waals surface area contributed by atoms with Crippen molar-refractivity contribution >= 4 is 25.5 Å². The molecule has 1 fully saturated rings. The lowest BCUT2D eigenvalue weighted by atomic mass is 9.87. The summed E-state index contributed by atoms with van der Waals surface area (Å²) in [6.07, 6.45) is 16.7. The normalized spacial score (nSPS) is 23.2. The first-order valence-corrected chi connectivity index (χ1v) is 12.2. The third-order valence-electron chi connectivity index (χ3n) is 5.71. The molecule has 1 aromatic rings. The smallest absolute Gasteiger partial charge is 0.481 e. The van der Waals surface area contributed by atoms with Gasteiger partial charge in [-0.2, -0.15) is 0 Å². The van der Waals surface area contributed by atoms with Crippen LogP contribution in [0.25, 0.3) is 0 Å². The van der Waals surface area contributed by atoms with Gasteiger partial charge in [0.2, 0.25) is 0 Å². The van der Waals surface area contributed by atoms with Crippen molar-refractivity contribution in [3.05, 3.63) is 48.0 Å². The molecule has 184 valence electrons. The van der Waals surface area contributed by atoms with Crippen molar-refractivity contribution in [3.63, 3.8) is 0 Å². The summed E-state index contributed by atoms with van der Waals surface area (Å²) < 4.78 is 31.2. The summed E-state index contributed by atoms with van der Waals surface area (Å²) in [6, 6.07) is 7.73. The van der Waals surface area contributed by atoms with E-state index in [0.29, 0.717) is 13.0 Å². The van der Waals surface area contributed by atoms with Gasteiger partial charge in [0.15, 0.2) is 5.78 Å². The first-order valence-electron chi connectivity index (χ1n) is 10.8. The SMILES string of the molecule is C#COP(=O)(OC#C)OCCCCOC(=O)C1C(C(=O)O)[C@@H]2C(=O)C=C[C@H]1N2Cc1ccccc1. The molecule has 0 amide bonds. The number of rotatable bonds is 12. The largest absolute Gasteiger partial charge is 0.604 e. The average molecular weight is 501 g/mol. The average Bonchev–Trinajstić information content (AvgIpc) is 3.05. The van der Waals surface area contributed by atoms with Gasteiger partial charge in [0.05, 0.1) is 31.1 Å². The van der Waals surface area contributed by atoms with Gasteiger partial charge in [-0.25, -0.2) is 4.57 Å². The van der Waals surface area contributed by atoms with E-state index >= 15 is 0 Å². The highest BCUT2D eigenvalue weighted by Gasteiger charge is 2.58. The van der Waals surface area contributed by atoms with Crippen LogP contribution in [0.4, 0.5) is 0 Å². The molecule has 35 heavy (non-hydrogen) atoms. The number of carbonyl (C=O) groups is 3. The molecular weight excluding hydrogens is 477 g/mol. The van der Waals surface area contributed by atoms with E-state index in [4.69, 9.17) is 22.1 Å². The molecule has 4 atom stereocenters. The Labute approximate surface area is 202 Å². The number of hydrogen-bond acceptors (Lipinski definition) is 9. The number of phosphoric ester groups is 1. The Bertz CT molecular complexity index is 1080. The molecule has 0 saturated carbocycles. The number of ether oxygens (including phenoxy) is 1. The molecule has 1 aromatic carbocycles. The van der Waals surface area contributed by atoms with Gasteiger partial charge in [-0.15, -0.1) is 0 Å². The summed E-state index contributed by atoms with van der Waals surface area (Å²) in [4.78, 5) is 39.4. The van der Waals surface area contributed by atoms with Crippen molar-refractivity contribution in [2.75, 3.05) is 13.2 Å². The number of carbonyl (C=O) groups excluding carboxylic acids is 2. The number of phosphoric acid groups is 1. The molecule has 2 bridgehead atoms. The maximum atomic E-state index is 13.0. The Hall–Kier alpha value is -3.56. The molecule has 1 N–H and O–H groups in total. The van der Waals surface area contributed by atoms with Crippen LogP contribution in [0, 0.1) is 36.9 Å². The number of nitrogens with zero attached hydrogens (tertiary/aromatic N) is 1. The zero-order valence-corrected chi connectivity index (χ0v) is 19.5. The van der Waals surface area contributed by atoms with Gasteiger partial charge in [0, 0.05) is 12.6 Å². The predicted molar refractivity (Wildman–Crippen MR) is 122 cm³/mol. The summed E-state index contributed by atoms with van der Waals surface area (Å²) in [7, 11) is -4.07. The summed E-state index contributed by atoms with van der Waals surface area (Å²) in [5, 5.41) is 9.88. The lowest BCUT2D eigenvalue weighted by Gasteiger charge is -2.31. The van der Waals surface area contributed by atoms with Crippen LogP contribution in [0.5, 0.6) is 0 Å². The van der Waals surface area contributed by atoms with E-state index < -0.39 is 43.7 Å². The van der Waals surface area contributed by atoms with Crippen LogP contribution < -0.4 is 0 Å². The van der Waals surface area contributed by atoms with E-state index in [1.807, 2.05) is 30.3 Å². The highest BCUT2D eigenvalue weighted by atomic mass is 31.2. The molecule has 3 rings (SSSR count). The van der Waals surface area contributed by atoms with Gasteiger partial charge < -0.3 is 18.9 Å². The van der Waals surface area contributed by atoms with Crippen molar-refractivity contribution in [2.24, 2.45) is 11.8 Å². The van der Waals surface area contributed by atoms with Gasteiger partial charge in [0.1, 0.15) is 12.2 Å². The van der Waals surface area contributed by atoms with Gasteiger partial charge in [-0.3, -0.25) is 23.8 Å². The minimum absolute atomic E-state index is 0.0466. The maximum absolute atomic E-state index is 13.0. The number of benzene rings is 1. The Morgan fingerprint density at radius 1 is 1.06 bits per heavy atom. The van der Waals surface area contributed by atoms with Crippen molar-refractivity contribution < 1.29 is 42.4 Å². The van der Waals surface area contributed by atoms with Crippen molar-refractivity contribution in [1.82, 2.24) is 4.90 Å². The van der Waals surface area contributed by atoms with Gasteiger partial charge >= 0.3 is 19.8 Å². The quantitative estimate of drug-likeness (QED) is 0.197. The first-order chi connectivity index (χ1) is 16.8. The molecule has 0 aliphatic carbocycles. The van der Waals surface area contributed by atoms with Gasteiger partial charge in [0.25, 0.3) is 0 Å². The molecular formula is C24H24NO9P. The fraction of sp³-hybridized carbons (Fsp3) is 0.375. The predicted octanol–water partition coefficient (Wildman–Crippen LogP) is 2.36. The number of fused-ring (bicyclic) bond motifs is 2. The molecule has 2 unspecified atom stereocenters. The standard InChI is InChI=1S/C24H24NO9P/c1-3-32-35(30,33-4-2)34-15-9-8-14-31-24(29)20-18-12-13-19(26)22(21(20)23(27)28)25(18)16-17-10-6-5-7-11-17/h1-2,5-7,10-13,18,20-22H,8-9,14-16H2,(H,27,28)/t18-,20?,21?,22+/m1/s1. The lowest BCUT2D eigenvalue weighted by Crippen LogP contribution is -2.45.